The fraction of sp³-hybridized carbons (Fsp3) is 0.158. The standard InChI is InChI=1S/C19H18ClNO3/c1-13-8-10-16(20)12-17(13)21-19(23)14(2)24-18(22)11-9-15-6-4-3-5-7-15/h3-12,14H,1-2H3,(H,21,23)/b11-9+/t14-/m0/s1. The Labute approximate surface area is 146 Å². The first-order valence-electron chi connectivity index (χ1n) is 7.46. The topological polar surface area (TPSA) is 55.4 Å². The number of ether oxygens (including phenoxy) is 1. The Bertz CT molecular complexity index is 756. The van der Waals surface area contributed by atoms with Crippen LogP contribution >= 0.6 is 11.6 Å². The summed E-state index contributed by atoms with van der Waals surface area (Å²) in [5, 5.41) is 3.23. The second kappa shape index (κ2) is 8.31. The predicted octanol–water partition coefficient (Wildman–Crippen LogP) is 4.23. The highest BCUT2D eigenvalue weighted by molar-refractivity contribution is 6.31. The van der Waals surface area contributed by atoms with Crippen LogP contribution in [0.5, 0.6) is 0 Å². The van der Waals surface area contributed by atoms with Gasteiger partial charge < -0.3 is 10.1 Å². The fourth-order valence-electron chi connectivity index (χ4n) is 1.96. The number of halogens is 1. The Morgan fingerprint density at radius 2 is 1.88 bits per heavy atom. The van der Waals surface area contributed by atoms with Gasteiger partial charge in [0, 0.05) is 16.8 Å². The van der Waals surface area contributed by atoms with Crippen molar-refractivity contribution in [1.29, 1.82) is 0 Å². The number of rotatable bonds is 5. The maximum Gasteiger partial charge on any atom is 0.331 e. The van der Waals surface area contributed by atoms with Crippen molar-refractivity contribution < 1.29 is 14.3 Å². The zero-order chi connectivity index (χ0) is 17.5. The summed E-state index contributed by atoms with van der Waals surface area (Å²) < 4.78 is 5.11. The van der Waals surface area contributed by atoms with Crippen molar-refractivity contribution in [2.75, 3.05) is 5.32 Å². The second-order valence-corrected chi connectivity index (χ2v) is 5.71. The summed E-state index contributed by atoms with van der Waals surface area (Å²) in [5.41, 5.74) is 2.34. The van der Waals surface area contributed by atoms with Crippen LogP contribution in [-0.4, -0.2) is 18.0 Å². The molecule has 1 N–H and O–H groups in total. The van der Waals surface area contributed by atoms with Crippen molar-refractivity contribution in [3.05, 3.63) is 70.8 Å². The van der Waals surface area contributed by atoms with E-state index in [0.29, 0.717) is 10.7 Å². The molecule has 5 heteroatoms. The number of esters is 1. The van der Waals surface area contributed by atoms with E-state index in [0.717, 1.165) is 11.1 Å². The zero-order valence-corrected chi connectivity index (χ0v) is 14.2. The molecule has 0 aliphatic rings. The smallest absolute Gasteiger partial charge is 0.331 e. The predicted molar refractivity (Wildman–Crippen MR) is 95.8 cm³/mol. The minimum atomic E-state index is -0.920. The van der Waals surface area contributed by atoms with E-state index in [2.05, 4.69) is 5.32 Å². The van der Waals surface area contributed by atoms with E-state index in [1.54, 1.807) is 24.3 Å². The number of carbonyl (C=O) groups is 2. The molecular weight excluding hydrogens is 326 g/mol. The van der Waals surface area contributed by atoms with E-state index in [9.17, 15) is 9.59 Å². The Kier molecular flexibility index (Phi) is 6.15. The third-order valence-electron chi connectivity index (χ3n) is 3.33. The van der Waals surface area contributed by atoms with Crippen molar-refractivity contribution in [3.8, 4) is 0 Å². The minimum Gasteiger partial charge on any atom is -0.449 e. The molecule has 124 valence electrons. The largest absolute Gasteiger partial charge is 0.449 e. The van der Waals surface area contributed by atoms with E-state index in [-0.39, 0.29) is 0 Å². The van der Waals surface area contributed by atoms with Crippen molar-refractivity contribution in [2.24, 2.45) is 0 Å². The van der Waals surface area contributed by atoms with E-state index < -0.39 is 18.0 Å². The number of nitrogens with one attached hydrogen (secondary N) is 1. The highest BCUT2D eigenvalue weighted by atomic mass is 35.5. The third-order valence-corrected chi connectivity index (χ3v) is 3.57. The lowest BCUT2D eigenvalue weighted by Crippen LogP contribution is -2.29. The number of carbonyl (C=O) groups excluding carboxylic acids is 2. The molecule has 0 aromatic heterocycles. The van der Waals surface area contributed by atoms with Crippen molar-refractivity contribution >= 4 is 35.2 Å². The fourth-order valence-corrected chi connectivity index (χ4v) is 2.13. The van der Waals surface area contributed by atoms with Crippen LogP contribution in [0.3, 0.4) is 0 Å². The molecule has 1 amide bonds. The van der Waals surface area contributed by atoms with Crippen LogP contribution in [0.15, 0.2) is 54.6 Å². The van der Waals surface area contributed by atoms with Gasteiger partial charge in [0.05, 0.1) is 0 Å². The second-order valence-electron chi connectivity index (χ2n) is 5.27. The van der Waals surface area contributed by atoms with Gasteiger partial charge in [-0.1, -0.05) is 48.0 Å². The number of benzene rings is 2. The molecule has 24 heavy (non-hydrogen) atoms. The molecule has 2 aromatic rings. The molecule has 0 unspecified atom stereocenters. The molecule has 0 spiro atoms. The first kappa shape index (κ1) is 17.8. The summed E-state index contributed by atoms with van der Waals surface area (Å²) in [4.78, 5) is 23.9. The van der Waals surface area contributed by atoms with Gasteiger partial charge in [-0.2, -0.15) is 0 Å². The summed E-state index contributed by atoms with van der Waals surface area (Å²) in [5.74, 6) is -0.994. The maximum absolute atomic E-state index is 12.1. The highest BCUT2D eigenvalue weighted by Crippen LogP contribution is 2.20. The summed E-state index contributed by atoms with van der Waals surface area (Å²) >= 11 is 5.92. The van der Waals surface area contributed by atoms with Gasteiger partial charge in [-0.15, -0.1) is 0 Å². The van der Waals surface area contributed by atoms with Gasteiger partial charge in [-0.25, -0.2) is 4.79 Å². The quantitative estimate of drug-likeness (QED) is 0.652. The Balaban J connectivity index is 1.92. The lowest BCUT2D eigenvalue weighted by molar-refractivity contribution is -0.148. The summed E-state index contributed by atoms with van der Waals surface area (Å²) in [7, 11) is 0. The van der Waals surface area contributed by atoms with Crippen LogP contribution < -0.4 is 5.32 Å². The molecule has 2 aromatic carbocycles. The summed E-state index contributed by atoms with van der Waals surface area (Å²) in [6.45, 7) is 3.37. The number of hydrogen-bond acceptors (Lipinski definition) is 3. The van der Waals surface area contributed by atoms with Crippen LogP contribution in [0, 0.1) is 6.92 Å². The van der Waals surface area contributed by atoms with E-state index in [1.807, 2.05) is 37.3 Å². The average molecular weight is 344 g/mol. The van der Waals surface area contributed by atoms with Gasteiger partial charge in [0.1, 0.15) is 0 Å². The van der Waals surface area contributed by atoms with Crippen molar-refractivity contribution in [3.63, 3.8) is 0 Å². The molecule has 0 heterocycles. The van der Waals surface area contributed by atoms with Gasteiger partial charge in [0.25, 0.3) is 5.91 Å². The van der Waals surface area contributed by atoms with E-state index >= 15 is 0 Å². The lowest BCUT2D eigenvalue weighted by atomic mass is 10.2. The lowest BCUT2D eigenvalue weighted by Gasteiger charge is -2.14. The molecule has 0 aliphatic heterocycles. The first-order valence-corrected chi connectivity index (χ1v) is 7.84. The molecule has 0 saturated carbocycles. The van der Waals surface area contributed by atoms with Crippen LogP contribution in [0.4, 0.5) is 5.69 Å². The normalized spacial score (nSPS) is 12.0. The molecule has 1 atom stereocenters. The monoisotopic (exact) mass is 343 g/mol. The van der Waals surface area contributed by atoms with E-state index in [1.165, 1.54) is 13.0 Å². The van der Waals surface area contributed by atoms with Gasteiger partial charge in [-0.3, -0.25) is 4.79 Å². The van der Waals surface area contributed by atoms with Gasteiger partial charge in [-0.05, 0) is 43.2 Å². The Morgan fingerprint density at radius 1 is 1.17 bits per heavy atom. The number of amides is 1. The van der Waals surface area contributed by atoms with Crippen molar-refractivity contribution in [1.82, 2.24) is 0 Å². The van der Waals surface area contributed by atoms with E-state index in [4.69, 9.17) is 16.3 Å². The molecule has 0 saturated heterocycles. The van der Waals surface area contributed by atoms with Gasteiger partial charge >= 0.3 is 5.97 Å². The van der Waals surface area contributed by atoms with Crippen LogP contribution in [0.25, 0.3) is 6.08 Å². The maximum atomic E-state index is 12.1. The van der Waals surface area contributed by atoms with Gasteiger partial charge in [0.15, 0.2) is 6.10 Å². The minimum absolute atomic E-state index is 0.415. The van der Waals surface area contributed by atoms with Crippen molar-refractivity contribution in [2.45, 2.75) is 20.0 Å². The highest BCUT2D eigenvalue weighted by Gasteiger charge is 2.17. The molecule has 0 aliphatic carbocycles. The van der Waals surface area contributed by atoms with Crippen LogP contribution in [0.2, 0.25) is 5.02 Å². The third kappa shape index (κ3) is 5.25. The first-order chi connectivity index (χ1) is 11.5. The van der Waals surface area contributed by atoms with Gasteiger partial charge in [0.2, 0.25) is 0 Å². The molecule has 0 bridgehead atoms. The number of anilines is 1. The summed E-state index contributed by atoms with van der Waals surface area (Å²) in [6, 6.07) is 14.5. The van der Waals surface area contributed by atoms with Crippen LogP contribution in [0.1, 0.15) is 18.1 Å². The molecule has 0 radical (unpaired) electrons. The average Bonchev–Trinajstić information content (AvgIpc) is 2.57. The Hall–Kier alpha value is -2.59. The Morgan fingerprint density at radius 3 is 2.58 bits per heavy atom. The number of hydrogen-bond donors (Lipinski definition) is 1. The molecule has 4 nitrogen and oxygen atoms in total. The molecular formula is C19H18ClNO3. The molecule has 0 fully saturated rings. The number of aryl methyl sites for hydroxylation is 1. The molecule has 2 rings (SSSR count). The SMILES string of the molecule is Cc1ccc(Cl)cc1NC(=O)[C@H](C)OC(=O)/C=C/c1ccccc1. The zero-order valence-electron chi connectivity index (χ0n) is 13.5. The summed E-state index contributed by atoms with van der Waals surface area (Å²) in [6.07, 6.45) is 2.01. The van der Waals surface area contributed by atoms with Crippen LogP contribution in [-0.2, 0) is 14.3 Å².